The van der Waals surface area contributed by atoms with Crippen LogP contribution in [-0.4, -0.2) is 11.0 Å². The van der Waals surface area contributed by atoms with Crippen LogP contribution in [0.3, 0.4) is 0 Å². The molecular weight excluding hydrogens is 208 g/mol. The minimum absolute atomic E-state index is 0.522. The number of halogens is 1. The largest absolute Gasteiger partial charge is 0.382 e. The van der Waals surface area contributed by atoms with Gasteiger partial charge in [-0.3, -0.25) is 0 Å². The lowest BCUT2D eigenvalue weighted by Gasteiger charge is -2.28. The minimum atomic E-state index is 0.522. The monoisotopic (exact) mass is 224 g/mol. The van der Waals surface area contributed by atoms with Crippen LogP contribution < -0.4 is 5.32 Å². The summed E-state index contributed by atoms with van der Waals surface area (Å²) in [5.74, 6) is 0.935. The van der Waals surface area contributed by atoms with Crippen molar-refractivity contribution in [2.24, 2.45) is 5.92 Å². The second-order valence-electron chi connectivity index (χ2n) is 4.45. The Bertz CT molecular complexity index is 323. The molecule has 1 heterocycles. The standard InChI is InChI=1S/C12H17ClN2/c1-9(7-10-3-2-4-10)15-11-5-6-14-12(13)8-11/h5-6,8-10H,2-4,7H2,1H3,(H,14,15). The third-order valence-electron chi connectivity index (χ3n) is 3.05. The molecule has 0 spiro atoms. The van der Waals surface area contributed by atoms with Crippen LogP contribution in [0.2, 0.25) is 5.15 Å². The summed E-state index contributed by atoms with van der Waals surface area (Å²) in [6.07, 6.45) is 7.23. The molecule has 3 heteroatoms. The Kier molecular flexibility index (Phi) is 3.47. The second kappa shape index (κ2) is 4.84. The number of aromatic nitrogens is 1. The quantitative estimate of drug-likeness (QED) is 0.789. The van der Waals surface area contributed by atoms with Crippen LogP contribution in [0.5, 0.6) is 0 Å². The Morgan fingerprint density at radius 2 is 2.40 bits per heavy atom. The molecule has 0 saturated heterocycles. The summed E-state index contributed by atoms with van der Waals surface area (Å²) in [7, 11) is 0. The molecule has 2 nitrogen and oxygen atoms in total. The zero-order valence-electron chi connectivity index (χ0n) is 9.04. The van der Waals surface area contributed by atoms with Crippen molar-refractivity contribution in [2.45, 2.75) is 38.6 Å². The Hall–Kier alpha value is -0.760. The fourth-order valence-electron chi connectivity index (χ4n) is 2.06. The molecule has 1 aromatic heterocycles. The van der Waals surface area contributed by atoms with E-state index in [4.69, 9.17) is 11.6 Å². The average molecular weight is 225 g/mol. The number of pyridine rings is 1. The summed E-state index contributed by atoms with van der Waals surface area (Å²) in [4.78, 5) is 3.96. The van der Waals surface area contributed by atoms with Crippen LogP contribution in [0.15, 0.2) is 18.3 Å². The van der Waals surface area contributed by atoms with E-state index in [1.165, 1.54) is 25.7 Å². The van der Waals surface area contributed by atoms with Crippen molar-refractivity contribution in [3.63, 3.8) is 0 Å². The average Bonchev–Trinajstić information content (AvgIpc) is 2.11. The third kappa shape index (κ3) is 3.10. The molecular formula is C12H17ClN2. The minimum Gasteiger partial charge on any atom is -0.382 e. The maximum atomic E-state index is 5.82. The molecule has 15 heavy (non-hydrogen) atoms. The van der Waals surface area contributed by atoms with Gasteiger partial charge in [-0.05, 0) is 31.4 Å². The van der Waals surface area contributed by atoms with Gasteiger partial charge in [-0.25, -0.2) is 4.98 Å². The maximum Gasteiger partial charge on any atom is 0.131 e. The van der Waals surface area contributed by atoms with Gasteiger partial charge in [0.15, 0.2) is 0 Å². The van der Waals surface area contributed by atoms with E-state index in [0.717, 1.165) is 11.6 Å². The van der Waals surface area contributed by atoms with E-state index in [-0.39, 0.29) is 0 Å². The van der Waals surface area contributed by atoms with E-state index in [1.807, 2.05) is 12.1 Å². The van der Waals surface area contributed by atoms with E-state index in [0.29, 0.717) is 11.2 Å². The van der Waals surface area contributed by atoms with E-state index in [2.05, 4.69) is 17.2 Å². The Balaban J connectivity index is 1.84. The maximum absolute atomic E-state index is 5.82. The highest BCUT2D eigenvalue weighted by Crippen LogP contribution is 2.31. The molecule has 1 aromatic rings. The van der Waals surface area contributed by atoms with Crippen molar-refractivity contribution in [2.75, 3.05) is 5.32 Å². The first kappa shape index (κ1) is 10.7. The van der Waals surface area contributed by atoms with Gasteiger partial charge >= 0.3 is 0 Å². The van der Waals surface area contributed by atoms with Crippen molar-refractivity contribution >= 4 is 17.3 Å². The molecule has 1 aliphatic carbocycles. The van der Waals surface area contributed by atoms with Crippen molar-refractivity contribution in [1.82, 2.24) is 4.98 Å². The summed E-state index contributed by atoms with van der Waals surface area (Å²) < 4.78 is 0. The van der Waals surface area contributed by atoms with E-state index in [9.17, 15) is 0 Å². The second-order valence-corrected chi connectivity index (χ2v) is 4.83. The number of nitrogens with zero attached hydrogens (tertiary/aromatic N) is 1. The van der Waals surface area contributed by atoms with Gasteiger partial charge in [0.25, 0.3) is 0 Å². The zero-order chi connectivity index (χ0) is 10.7. The smallest absolute Gasteiger partial charge is 0.131 e. The van der Waals surface area contributed by atoms with Crippen LogP contribution in [0.1, 0.15) is 32.6 Å². The number of hydrogen-bond donors (Lipinski definition) is 1. The van der Waals surface area contributed by atoms with Crippen molar-refractivity contribution in [3.8, 4) is 0 Å². The third-order valence-corrected chi connectivity index (χ3v) is 3.26. The Labute approximate surface area is 96.1 Å². The summed E-state index contributed by atoms with van der Waals surface area (Å²) in [6, 6.07) is 4.36. The highest BCUT2D eigenvalue weighted by molar-refractivity contribution is 6.29. The summed E-state index contributed by atoms with van der Waals surface area (Å²) in [6.45, 7) is 2.23. The molecule has 1 atom stereocenters. The van der Waals surface area contributed by atoms with Gasteiger partial charge in [0.05, 0.1) is 0 Å². The van der Waals surface area contributed by atoms with Gasteiger partial charge in [-0.2, -0.15) is 0 Å². The lowest BCUT2D eigenvalue weighted by molar-refractivity contribution is 0.286. The fraction of sp³-hybridized carbons (Fsp3) is 0.583. The van der Waals surface area contributed by atoms with Crippen molar-refractivity contribution in [3.05, 3.63) is 23.5 Å². The van der Waals surface area contributed by atoms with Crippen molar-refractivity contribution in [1.29, 1.82) is 0 Å². The van der Waals surface area contributed by atoms with Gasteiger partial charge < -0.3 is 5.32 Å². The molecule has 0 aliphatic heterocycles. The lowest BCUT2D eigenvalue weighted by Crippen LogP contribution is -2.23. The molecule has 1 unspecified atom stereocenters. The topological polar surface area (TPSA) is 24.9 Å². The number of rotatable bonds is 4. The normalized spacial score (nSPS) is 18.3. The molecule has 2 rings (SSSR count). The summed E-state index contributed by atoms with van der Waals surface area (Å²) in [5.41, 5.74) is 1.07. The number of hydrogen-bond acceptors (Lipinski definition) is 2. The molecule has 1 fully saturated rings. The Morgan fingerprint density at radius 1 is 1.60 bits per heavy atom. The molecule has 0 amide bonds. The van der Waals surface area contributed by atoms with Crippen LogP contribution in [0.25, 0.3) is 0 Å². The van der Waals surface area contributed by atoms with E-state index < -0.39 is 0 Å². The first-order chi connectivity index (χ1) is 7.24. The van der Waals surface area contributed by atoms with Crippen LogP contribution in [0, 0.1) is 5.92 Å². The number of anilines is 1. The zero-order valence-corrected chi connectivity index (χ0v) is 9.80. The molecule has 1 saturated carbocycles. The summed E-state index contributed by atoms with van der Waals surface area (Å²) >= 11 is 5.82. The van der Waals surface area contributed by atoms with Crippen LogP contribution in [0.4, 0.5) is 5.69 Å². The van der Waals surface area contributed by atoms with Gasteiger partial charge in [0, 0.05) is 17.9 Å². The van der Waals surface area contributed by atoms with E-state index in [1.54, 1.807) is 6.20 Å². The first-order valence-electron chi connectivity index (χ1n) is 5.62. The highest BCUT2D eigenvalue weighted by atomic mass is 35.5. The SMILES string of the molecule is CC(CC1CCC1)Nc1ccnc(Cl)c1. The van der Waals surface area contributed by atoms with E-state index >= 15 is 0 Å². The van der Waals surface area contributed by atoms with Crippen molar-refractivity contribution < 1.29 is 0 Å². The lowest BCUT2D eigenvalue weighted by atomic mass is 9.81. The first-order valence-corrected chi connectivity index (χ1v) is 6.00. The molecule has 82 valence electrons. The molecule has 0 radical (unpaired) electrons. The van der Waals surface area contributed by atoms with Gasteiger partial charge in [0.2, 0.25) is 0 Å². The van der Waals surface area contributed by atoms with Gasteiger partial charge in [-0.15, -0.1) is 0 Å². The molecule has 1 aliphatic rings. The predicted octanol–water partition coefficient (Wildman–Crippen LogP) is 3.73. The van der Waals surface area contributed by atoms with Crippen LogP contribution >= 0.6 is 11.6 Å². The van der Waals surface area contributed by atoms with Crippen LogP contribution in [-0.2, 0) is 0 Å². The fourth-order valence-corrected chi connectivity index (χ4v) is 2.24. The summed E-state index contributed by atoms with van der Waals surface area (Å²) in [5, 5.41) is 4.01. The number of nitrogens with one attached hydrogen (secondary N) is 1. The van der Waals surface area contributed by atoms with Gasteiger partial charge in [-0.1, -0.05) is 30.9 Å². The van der Waals surface area contributed by atoms with Gasteiger partial charge in [0.1, 0.15) is 5.15 Å². The molecule has 1 N–H and O–H groups in total. The Morgan fingerprint density at radius 3 is 3.00 bits per heavy atom. The predicted molar refractivity (Wildman–Crippen MR) is 64.3 cm³/mol. The highest BCUT2D eigenvalue weighted by Gasteiger charge is 2.19. The molecule has 0 aromatic carbocycles. The molecule has 0 bridgehead atoms.